The Kier molecular flexibility index (Phi) is 8.40. The largest absolute Gasteiger partial charge is 0.480 e. The van der Waals surface area contributed by atoms with Gasteiger partial charge in [-0.15, -0.1) is 0 Å². The van der Waals surface area contributed by atoms with E-state index in [4.69, 9.17) is 5.11 Å². The third kappa shape index (κ3) is 8.68. The van der Waals surface area contributed by atoms with Gasteiger partial charge >= 0.3 is 5.97 Å². The average molecular weight is 244 g/mol. The van der Waals surface area contributed by atoms with Crippen LogP contribution < -0.4 is 10.6 Å². The van der Waals surface area contributed by atoms with Crippen LogP contribution in [0, 0.1) is 0 Å². The van der Waals surface area contributed by atoms with Gasteiger partial charge in [-0.2, -0.15) is 0 Å². The topological polar surface area (TPSA) is 78.4 Å². The molecule has 0 aromatic carbocycles. The summed E-state index contributed by atoms with van der Waals surface area (Å²) in [6, 6.07) is -0.417. The number of unbranched alkanes of at least 4 members (excludes halogenated alkanes) is 1. The van der Waals surface area contributed by atoms with Crippen LogP contribution in [0.25, 0.3) is 0 Å². The van der Waals surface area contributed by atoms with Crippen LogP contribution in [-0.4, -0.2) is 35.6 Å². The summed E-state index contributed by atoms with van der Waals surface area (Å²) in [6.45, 7) is 6.56. The van der Waals surface area contributed by atoms with Gasteiger partial charge in [0.05, 0.1) is 0 Å². The highest BCUT2D eigenvalue weighted by molar-refractivity contribution is 5.83. The van der Waals surface area contributed by atoms with Crippen LogP contribution >= 0.6 is 0 Å². The summed E-state index contributed by atoms with van der Waals surface area (Å²) in [7, 11) is 0. The first kappa shape index (κ1) is 15.9. The molecule has 0 saturated heterocycles. The van der Waals surface area contributed by atoms with Crippen molar-refractivity contribution in [3.05, 3.63) is 0 Å². The van der Waals surface area contributed by atoms with Gasteiger partial charge in [-0.3, -0.25) is 4.79 Å². The van der Waals surface area contributed by atoms with Crippen molar-refractivity contribution in [2.75, 3.05) is 6.54 Å². The predicted molar refractivity (Wildman–Crippen MR) is 66.8 cm³/mol. The highest BCUT2D eigenvalue weighted by Gasteiger charge is 2.18. The Bertz CT molecular complexity index is 242. The summed E-state index contributed by atoms with van der Waals surface area (Å²) in [5.41, 5.74) is 0. The van der Waals surface area contributed by atoms with Crippen molar-refractivity contribution in [2.24, 2.45) is 0 Å². The Morgan fingerprint density at radius 1 is 1.29 bits per heavy atom. The number of carbonyl (C=O) groups is 2. The van der Waals surface area contributed by atoms with Gasteiger partial charge in [0, 0.05) is 19.0 Å². The lowest BCUT2D eigenvalue weighted by Crippen LogP contribution is -2.41. The Labute approximate surface area is 103 Å². The maximum absolute atomic E-state index is 11.5. The van der Waals surface area contributed by atoms with E-state index in [9.17, 15) is 9.59 Å². The summed E-state index contributed by atoms with van der Waals surface area (Å²) in [5, 5.41) is 14.6. The quantitative estimate of drug-likeness (QED) is 0.568. The van der Waals surface area contributed by atoms with Crippen molar-refractivity contribution in [2.45, 2.75) is 58.5 Å². The second-order valence-corrected chi connectivity index (χ2v) is 4.46. The van der Waals surface area contributed by atoms with E-state index >= 15 is 0 Å². The lowest BCUT2D eigenvalue weighted by atomic mass is 10.1. The zero-order valence-corrected chi connectivity index (χ0v) is 11.0. The van der Waals surface area contributed by atoms with Crippen LogP contribution in [0.4, 0.5) is 0 Å². The lowest BCUT2D eigenvalue weighted by molar-refractivity contribution is -0.142. The van der Waals surface area contributed by atoms with Crippen molar-refractivity contribution >= 4 is 11.9 Å². The van der Waals surface area contributed by atoms with Gasteiger partial charge in [0.1, 0.15) is 6.04 Å². The Balaban J connectivity index is 3.91. The molecular weight excluding hydrogens is 220 g/mol. The van der Waals surface area contributed by atoms with Crippen LogP contribution in [-0.2, 0) is 9.59 Å². The lowest BCUT2D eigenvalue weighted by Gasteiger charge is -2.14. The second-order valence-electron chi connectivity index (χ2n) is 4.46. The minimum absolute atomic E-state index is 0.207. The highest BCUT2D eigenvalue weighted by Crippen LogP contribution is 2.01. The number of hydrogen-bond donors (Lipinski definition) is 3. The number of amides is 1. The standard InChI is InChI=1S/C12H24N2O3/c1-4-5-6-10(12(16)17)14-11(15)7-8-13-9(2)3/h9-10,13H,4-8H2,1-3H3,(H,14,15)(H,16,17)/t10-/m0/s1. The third-order valence-electron chi connectivity index (χ3n) is 2.38. The molecule has 5 heteroatoms. The van der Waals surface area contributed by atoms with E-state index in [0.717, 1.165) is 12.8 Å². The monoisotopic (exact) mass is 244 g/mol. The SMILES string of the molecule is CCCC[C@H](NC(=O)CCNC(C)C)C(=O)O. The number of rotatable bonds is 9. The minimum atomic E-state index is -0.955. The molecule has 0 rings (SSSR count). The van der Waals surface area contributed by atoms with Crippen molar-refractivity contribution in [1.29, 1.82) is 0 Å². The maximum atomic E-state index is 11.5. The number of hydrogen-bond acceptors (Lipinski definition) is 3. The average Bonchev–Trinajstić information content (AvgIpc) is 2.23. The molecule has 0 aliphatic rings. The molecular formula is C12H24N2O3. The smallest absolute Gasteiger partial charge is 0.326 e. The van der Waals surface area contributed by atoms with E-state index in [1.54, 1.807) is 0 Å². The van der Waals surface area contributed by atoms with Crippen molar-refractivity contribution < 1.29 is 14.7 Å². The molecule has 1 amide bonds. The third-order valence-corrected chi connectivity index (χ3v) is 2.38. The molecule has 0 aromatic heterocycles. The summed E-state index contributed by atoms with van der Waals surface area (Å²) >= 11 is 0. The first-order chi connectivity index (χ1) is 7.97. The first-order valence-corrected chi connectivity index (χ1v) is 6.23. The zero-order valence-electron chi connectivity index (χ0n) is 11.0. The fraction of sp³-hybridized carbons (Fsp3) is 0.833. The van der Waals surface area contributed by atoms with E-state index < -0.39 is 12.0 Å². The number of aliphatic carboxylic acids is 1. The van der Waals surface area contributed by atoms with Gasteiger partial charge in [0.25, 0.3) is 0 Å². The van der Waals surface area contributed by atoms with E-state index in [2.05, 4.69) is 10.6 Å². The number of nitrogens with one attached hydrogen (secondary N) is 2. The van der Waals surface area contributed by atoms with Gasteiger partial charge < -0.3 is 15.7 Å². The van der Waals surface area contributed by atoms with E-state index in [1.807, 2.05) is 20.8 Å². The molecule has 0 heterocycles. The molecule has 0 spiro atoms. The molecule has 0 fully saturated rings. The minimum Gasteiger partial charge on any atom is -0.480 e. The van der Waals surface area contributed by atoms with Gasteiger partial charge in [-0.05, 0) is 6.42 Å². The molecule has 5 nitrogen and oxygen atoms in total. The normalized spacial score (nSPS) is 12.5. The van der Waals surface area contributed by atoms with Gasteiger partial charge in [0.2, 0.25) is 5.91 Å². The zero-order chi connectivity index (χ0) is 13.3. The van der Waals surface area contributed by atoms with Gasteiger partial charge in [-0.1, -0.05) is 33.6 Å². The molecule has 3 N–H and O–H groups in total. The summed E-state index contributed by atoms with van der Waals surface area (Å²) < 4.78 is 0. The van der Waals surface area contributed by atoms with Crippen LogP contribution in [0.15, 0.2) is 0 Å². The predicted octanol–water partition coefficient (Wildman–Crippen LogP) is 1.13. The Morgan fingerprint density at radius 2 is 1.94 bits per heavy atom. The van der Waals surface area contributed by atoms with Crippen molar-refractivity contribution in [3.63, 3.8) is 0 Å². The number of carbonyl (C=O) groups excluding carboxylic acids is 1. The van der Waals surface area contributed by atoms with E-state index in [-0.39, 0.29) is 5.91 Å². The van der Waals surface area contributed by atoms with Gasteiger partial charge in [-0.25, -0.2) is 4.79 Å². The molecule has 0 unspecified atom stereocenters. The second kappa shape index (κ2) is 8.98. The summed E-state index contributed by atoms with van der Waals surface area (Å²) in [6.07, 6.45) is 2.54. The first-order valence-electron chi connectivity index (χ1n) is 6.23. The molecule has 100 valence electrons. The van der Waals surface area contributed by atoms with Crippen molar-refractivity contribution in [1.82, 2.24) is 10.6 Å². The Morgan fingerprint density at radius 3 is 2.41 bits per heavy atom. The van der Waals surface area contributed by atoms with Crippen LogP contribution in [0.2, 0.25) is 0 Å². The molecule has 0 radical (unpaired) electrons. The van der Waals surface area contributed by atoms with Gasteiger partial charge in [0.15, 0.2) is 0 Å². The molecule has 17 heavy (non-hydrogen) atoms. The number of carboxylic acid groups (broad SMARTS) is 1. The van der Waals surface area contributed by atoms with E-state index in [1.165, 1.54) is 0 Å². The molecule has 0 saturated carbocycles. The Hall–Kier alpha value is -1.10. The molecule has 0 aromatic rings. The van der Waals surface area contributed by atoms with Crippen molar-refractivity contribution in [3.8, 4) is 0 Å². The molecule has 1 atom stereocenters. The maximum Gasteiger partial charge on any atom is 0.326 e. The fourth-order valence-electron chi connectivity index (χ4n) is 1.41. The van der Waals surface area contributed by atoms with Crippen LogP contribution in [0.1, 0.15) is 46.5 Å². The summed E-state index contributed by atoms with van der Waals surface area (Å²) in [4.78, 5) is 22.4. The number of carboxylic acids is 1. The van der Waals surface area contributed by atoms with Crippen LogP contribution in [0.3, 0.4) is 0 Å². The molecule has 0 bridgehead atoms. The summed E-state index contributed by atoms with van der Waals surface area (Å²) in [5.74, 6) is -1.16. The fourth-order valence-corrected chi connectivity index (χ4v) is 1.41. The highest BCUT2D eigenvalue weighted by atomic mass is 16.4. The van der Waals surface area contributed by atoms with Crippen LogP contribution in [0.5, 0.6) is 0 Å². The molecule has 0 aliphatic carbocycles. The van der Waals surface area contributed by atoms with E-state index in [0.29, 0.717) is 25.4 Å². The molecule has 0 aliphatic heterocycles.